The SMILES string of the molecule is CCCCN(CCCc1ccccc1)C1CCN(CCc2ccccc2)CC1. The third kappa shape index (κ3) is 7.07. The molecule has 1 fully saturated rings. The van der Waals surface area contributed by atoms with Gasteiger partial charge >= 0.3 is 0 Å². The lowest BCUT2D eigenvalue weighted by Crippen LogP contribution is -2.46. The fraction of sp³-hybridized carbons (Fsp3) is 0.538. The molecule has 2 nitrogen and oxygen atoms in total. The topological polar surface area (TPSA) is 6.48 Å². The molecule has 28 heavy (non-hydrogen) atoms. The van der Waals surface area contributed by atoms with Gasteiger partial charge in [0, 0.05) is 12.6 Å². The van der Waals surface area contributed by atoms with E-state index >= 15 is 0 Å². The lowest BCUT2D eigenvalue weighted by atomic mass is 10.0. The van der Waals surface area contributed by atoms with Gasteiger partial charge in [-0.05, 0) is 75.8 Å². The molecule has 3 rings (SSSR count). The van der Waals surface area contributed by atoms with Gasteiger partial charge in [-0.3, -0.25) is 0 Å². The summed E-state index contributed by atoms with van der Waals surface area (Å²) in [6, 6.07) is 22.7. The standard InChI is InChI=1S/C26H38N2/c1-2-3-19-28(20-10-15-24-11-6-4-7-12-24)26-17-22-27(23-18-26)21-16-25-13-8-5-9-14-25/h4-9,11-14,26H,2-3,10,15-23H2,1H3. The largest absolute Gasteiger partial charge is 0.303 e. The molecule has 1 aliphatic heterocycles. The van der Waals surface area contributed by atoms with E-state index in [1.807, 2.05) is 0 Å². The lowest BCUT2D eigenvalue weighted by Gasteiger charge is -2.38. The second-order valence-electron chi connectivity index (χ2n) is 8.29. The van der Waals surface area contributed by atoms with Crippen molar-refractivity contribution in [2.45, 2.75) is 57.9 Å². The van der Waals surface area contributed by atoms with Crippen LogP contribution in [0.4, 0.5) is 0 Å². The number of piperidine rings is 1. The smallest absolute Gasteiger partial charge is 0.0120 e. The molecule has 1 saturated heterocycles. The van der Waals surface area contributed by atoms with Gasteiger partial charge in [-0.25, -0.2) is 0 Å². The molecule has 0 atom stereocenters. The van der Waals surface area contributed by atoms with Crippen LogP contribution in [0.5, 0.6) is 0 Å². The van der Waals surface area contributed by atoms with Crippen LogP contribution in [0.3, 0.4) is 0 Å². The van der Waals surface area contributed by atoms with Crippen LogP contribution in [0.25, 0.3) is 0 Å². The Hall–Kier alpha value is -1.64. The van der Waals surface area contributed by atoms with Crippen LogP contribution in [0.2, 0.25) is 0 Å². The molecule has 2 aromatic rings. The number of rotatable bonds is 11. The van der Waals surface area contributed by atoms with Crippen LogP contribution in [0.15, 0.2) is 60.7 Å². The average molecular weight is 379 g/mol. The molecule has 0 aromatic heterocycles. The van der Waals surface area contributed by atoms with E-state index in [4.69, 9.17) is 0 Å². The monoisotopic (exact) mass is 378 g/mol. The van der Waals surface area contributed by atoms with Crippen molar-refractivity contribution in [3.05, 3.63) is 71.8 Å². The van der Waals surface area contributed by atoms with E-state index in [-0.39, 0.29) is 0 Å². The first-order valence-electron chi connectivity index (χ1n) is 11.4. The first-order valence-corrected chi connectivity index (χ1v) is 11.4. The number of hydrogen-bond acceptors (Lipinski definition) is 2. The Balaban J connectivity index is 1.41. The van der Waals surface area contributed by atoms with Gasteiger partial charge in [0.15, 0.2) is 0 Å². The predicted octanol–water partition coefficient (Wildman–Crippen LogP) is 5.43. The van der Waals surface area contributed by atoms with E-state index in [1.54, 1.807) is 0 Å². The van der Waals surface area contributed by atoms with E-state index in [0.717, 1.165) is 6.04 Å². The summed E-state index contributed by atoms with van der Waals surface area (Å²) in [5, 5.41) is 0. The van der Waals surface area contributed by atoms with Gasteiger partial charge in [0.25, 0.3) is 0 Å². The van der Waals surface area contributed by atoms with Crippen molar-refractivity contribution < 1.29 is 0 Å². The Bertz CT molecular complexity index is 632. The molecule has 2 heteroatoms. The van der Waals surface area contributed by atoms with E-state index in [1.165, 1.54) is 88.8 Å². The Kier molecular flexibility index (Phi) is 9.06. The summed E-state index contributed by atoms with van der Waals surface area (Å²) >= 11 is 0. The molecule has 0 aliphatic carbocycles. The maximum absolute atomic E-state index is 2.81. The Morgan fingerprint density at radius 2 is 1.36 bits per heavy atom. The number of nitrogens with zero attached hydrogens (tertiary/aromatic N) is 2. The van der Waals surface area contributed by atoms with Gasteiger partial charge in [-0.15, -0.1) is 0 Å². The quantitative estimate of drug-likeness (QED) is 0.514. The zero-order chi connectivity index (χ0) is 19.4. The van der Waals surface area contributed by atoms with Gasteiger partial charge in [0.05, 0.1) is 0 Å². The number of benzene rings is 2. The molecular weight excluding hydrogens is 340 g/mol. The second kappa shape index (κ2) is 12.0. The van der Waals surface area contributed by atoms with Crippen LogP contribution in [0, 0.1) is 0 Å². The Morgan fingerprint density at radius 3 is 1.96 bits per heavy atom. The number of likely N-dealkylation sites (tertiary alicyclic amines) is 1. The first-order chi connectivity index (χ1) is 13.8. The molecule has 0 bridgehead atoms. The van der Waals surface area contributed by atoms with Crippen LogP contribution in [0.1, 0.15) is 50.2 Å². The number of hydrogen-bond donors (Lipinski definition) is 0. The van der Waals surface area contributed by atoms with Crippen molar-refractivity contribution in [1.29, 1.82) is 0 Å². The number of unbranched alkanes of at least 4 members (excludes halogenated alkanes) is 1. The summed E-state index contributed by atoms with van der Waals surface area (Å²) < 4.78 is 0. The van der Waals surface area contributed by atoms with E-state index in [9.17, 15) is 0 Å². The molecule has 0 saturated carbocycles. The minimum Gasteiger partial charge on any atom is -0.303 e. The zero-order valence-corrected chi connectivity index (χ0v) is 17.7. The van der Waals surface area contributed by atoms with Crippen molar-refractivity contribution in [2.24, 2.45) is 0 Å². The maximum Gasteiger partial charge on any atom is 0.0120 e. The molecule has 0 amide bonds. The van der Waals surface area contributed by atoms with Crippen molar-refractivity contribution in [2.75, 3.05) is 32.7 Å². The molecule has 0 radical (unpaired) electrons. The summed E-state index contributed by atoms with van der Waals surface area (Å²) in [5.74, 6) is 0. The highest BCUT2D eigenvalue weighted by atomic mass is 15.2. The molecule has 152 valence electrons. The molecule has 0 unspecified atom stereocenters. The Labute approximate surface area is 172 Å². The lowest BCUT2D eigenvalue weighted by molar-refractivity contribution is 0.106. The van der Waals surface area contributed by atoms with Crippen molar-refractivity contribution in [3.63, 3.8) is 0 Å². The third-order valence-corrected chi connectivity index (χ3v) is 6.19. The van der Waals surface area contributed by atoms with E-state index < -0.39 is 0 Å². The second-order valence-corrected chi connectivity index (χ2v) is 8.29. The van der Waals surface area contributed by atoms with Crippen LogP contribution >= 0.6 is 0 Å². The van der Waals surface area contributed by atoms with Crippen LogP contribution in [-0.4, -0.2) is 48.6 Å². The average Bonchev–Trinajstić information content (AvgIpc) is 2.76. The van der Waals surface area contributed by atoms with Crippen molar-refractivity contribution in [1.82, 2.24) is 9.80 Å². The fourth-order valence-electron chi connectivity index (χ4n) is 4.41. The molecule has 2 aromatic carbocycles. The minimum atomic E-state index is 0.787. The normalized spacial score (nSPS) is 15.9. The summed E-state index contributed by atoms with van der Waals surface area (Å²) in [5.41, 5.74) is 2.95. The first kappa shape index (κ1) is 21.1. The molecule has 0 N–H and O–H groups in total. The van der Waals surface area contributed by atoms with Crippen molar-refractivity contribution in [3.8, 4) is 0 Å². The molecular formula is C26H38N2. The summed E-state index contributed by atoms with van der Waals surface area (Å²) in [6.45, 7) is 8.58. The fourth-order valence-corrected chi connectivity index (χ4v) is 4.41. The molecule has 0 spiro atoms. The summed E-state index contributed by atoms with van der Waals surface area (Å²) in [6.07, 6.45) is 8.97. The van der Waals surface area contributed by atoms with Gasteiger partial charge in [-0.1, -0.05) is 74.0 Å². The van der Waals surface area contributed by atoms with Gasteiger partial charge < -0.3 is 9.80 Å². The number of aryl methyl sites for hydroxylation is 1. The minimum absolute atomic E-state index is 0.787. The molecule has 1 heterocycles. The molecule has 1 aliphatic rings. The van der Waals surface area contributed by atoms with E-state index in [2.05, 4.69) is 77.4 Å². The Morgan fingerprint density at radius 1 is 0.786 bits per heavy atom. The van der Waals surface area contributed by atoms with Crippen LogP contribution < -0.4 is 0 Å². The highest BCUT2D eigenvalue weighted by molar-refractivity contribution is 5.15. The summed E-state index contributed by atoms with van der Waals surface area (Å²) in [4.78, 5) is 5.48. The van der Waals surface area contributed by atoms with E-state index in [0.29, 0.717) is 0 Å². The highest BCUT2D eigenvalue weighted by Gasteiger charge is 2.23. The van der Waals surface area contributed by atoms with Gasteiger partial charge in [0.2, 0.25) is 0 Å². The maximum atomic E-state index is 2.81. The summed E-state index contributed by atoms with van der Waals surface area (Å²) in [7, 11) is 0. The van der Waals surface area contributed by atoms with Gasteiger partial charge in [-0.2, -0.15) is 0 Å². The van der Waals surface area contributed by atoms with Crippen LogP contribution in [-0.2, 0) is 12.8 Å². The van der Waals surface area contributed by atoms with Crippen molar-refractivity contribution >= 4 is 0 Å². The highest BCUT2D eigenvalue weighted by Crippen LogP contribution is 2.19. The third-order valence-electron chi connectivity index (χ3n) is 6.19. The van der Waals surface area contributed by atoms with Gasteiger partial charge in [0.1, 0.15) is 0 Å². The zero-order valence-electron chi connectivity index (χ0n) is 17.7. The predicted molar refractivity (Wildman–Crippen MR) is 121 cm³/mol.